The number of benzene rings is 2. The maximum Gasteiger partial charge on any atom is 0.270 e. The third-order valence-corrected chi connectivity index (χ3v) is 5.78. The molecule has 152 valence electrons. The Morgan fingerprint density at radius 2 is 1.97 bits per heavy atom. The van der Waals surface area contributed by atoms with Crippen LogP contribution < -0.4 is 15.5 Å². The molecule has 3 rings (SSSR count). The van der Waals surface area contributed by atoms with Crippen LogP contribution in [0.4, 0.5) is 17.1 Å². The van der Waals surface area contributed by atoms with Gasteiger partial charge >= 0.3 is 0 Å². The second-order valence-corrected chi connectivity index (χ2v) is 8.58. The van der Waals surface area contributed by atoms with Gasteiger partial charge in [-0.05, 0) is 59.1 Å². The Balaban J connectivity index is 1.81. The zero-order valence-electron chi connectivity index (χ0n) is 15.0. The van der Waals surface area contributed by atoms with Crippen LogP contribution in [0, 0.1) is 13.7 Å². The van der Waals surface area contributed by atoms with Gasteiger partial charge in [0.1, 0.15) is 0 Å². The minimum absolute atomic E-state index is 0.106. The molecule has 8 nitrogen and oxygen atoms in total. The number of anilines is 2. The van der Waals surface area contributed by atoms with Gasteiger partial charge in [0.2, 0.25) is 0 Å². The van der Waals surface area contributed by atoms with Crippen molar-refractivity contribution in [2.24, 2.45) is 0 Å². The molecular weight excluding hydrogens is 575 g/mol. The van der Waals surface area contributed by atoms with Crippen molar-refractivity contribution in [2.75, 3.05) is 36.5 Å². The largest absolute Gasteiger partial charge is 0.378 e. The highest BCUT2D eigenvalue weighted by molar-refractivity contribution is 14.1. The monoisotopic (exact) mass is 590 g/mol. The van der Waals surface area contributed by atoms with E-state index in [1.807, 2.05) is 23.1 Å². The number of carbonyl (C=O) groups is 1. The lowest BCUT2D eigenvalue weighted by Crippen LogP contribution is -2.39. The number of non-ortho nitro benzene ring substituents is 1. The van der Waals surface area contributed by atoms with Gasteiger partial charge in [0, 0.05) is 33.3 Å². The molecule has 0 spiro atoms. The van der Waals surface area contributed by atoms with Gasteiger partial charge < -0.3 is 15.0 Å². The maximum absolute atomic E-state index is 12.9. The second-order valence-electron chi connectivity index (χ2n) is 6.09. The number of rotatable bonds is 4. The number of nitro groups is 1. The summed E-state index contributed by atoms with van der Waals surface area (Å²) in [4.78, 5) is 25.5. The van der Waals surface area contributed by atoms with Crippen molar-refractivity contribution in [3.63, 3.8) is 0 Å². The minimum Gasteiger partial charge on any atom is -0.378 e. The molecule has 2 N–H and O–H groups in total. The van der Waals surface area contributed by atoms with E-state index in [9.17, 15) is 14.9 Å². The van der Waals surface area contributed by atoms with Crippen LogP contribution in [0.25, 0.3) is 0 Å². The van der Waals surface area contributed by atoms with E-state index in [2.05, 4.69) is 49.2 Å². The quantitative estimate of drug-likeness (QED) is 0.241. The summed E-state index contributed by atoms with van der Waals surface area (Å²) in [6, 6.07) is 9.84. The summed E-state index contributed by atoms with van der Waals surface area (Å²) in [7, 11) is 0. The van der Waals surface area contributed by atoms with Crippen LogP contribution >= 0.6 is 50.7 Å². The van der Waals surface area contributed by atoms with Crippen molar-refractivity contribution in [1.29, 1.82) is 0 Å². The Morgan fingerprint density at radius 1 is 1.24 bits per heavy atom. The van der Waals surface area contributed by atoms with Gasteiger partial charge in [-0.1, -0.05) is 15.9 Å². The highest BCUT2D eigenvalue weighted by Crippen LogP contribution is 2.27. The van der Waals surface area contributed by atoms with Gasteiger partial charge in [-0.15, -0.1) is 0 Å². The lowest BCUT2D eigenvalue weighted by Gasteiger charge is -2.30. The summed E-state index contributed by atoms with van der Waals surface area (Å²) >= 11 is 10.8. The molecule has 11 heteroatoms. The van der Waals surface area contributed by atoms with Crippen LogP contribution in [0.15, 0.2) is 40.9 Å². The van der Waals surface area contributed by atoms with Crippen molar-refractivity contribution in [3.05, 3.63) is 60.1 Å². The van der Waals surface area contributed by atoms with E-state index in [4.69, 9.17) is 17.0 Å². The second kappa shape index (κ2) is 9.78. The van der Waals surface area contributed by atoms with Gasteiger partial charge in [-0.25, -0.2) is 0 Å². The van der Waals surface area contributed by atoms with Crippen LogP contribution in [0.2, 0.25) is 0 Å². The summed E-state index contributed by atoms with van der Waals surface area (Å²) < 4.78 is 7.19. The number of hydrogen-bond acceptors (Lipinski definition) is 6. The topological polar surface area (TPSA) is 96.7 Å². The van der Waals surface area contributed by atoms with Gasteiger partial charge in [-0.3, -0.25) is 20.2 Å². The summed E-state index contributed by atoms with van der Waals surface area (Å²) in [6.45, 7) is 2.25. The third kappa shape index (κ3) is 5.62. The average molecular weight is 591 g/mol. The first-order valence-electron chi connectivity index (χ1n) is 8.53. The van der Waals surface area contributed by atoms with Gasteiger partial charge in [0.25, 0.3) is 11.6 Å². The van der Waals surface area contributed by atoms with E-state index < -0.39 is 10.8 Å². The third-order valence-electron chi connectivity index (χ3n) is 4.19. The molecular formula is C18H16BrIN4O4S. The number of nitro benzene ring substituents is 1. The average Bonchev–Trinajstić information content (AvgIpc) is 2.70. The Kier molecular flexibility index (Phi) is 7.38. The van der Waals surface area contributed by atoms with Gasteiger partial charge in [0.15, 0.2) is 5.11 Å². The molecule has 29 heavy (non-hydrogen) atoms. The molecule has 0 radical (unpaired) electrons. The zero-order chi connectivity index (χ0) is 21.0. The molecule has 0 saturated carbocycles. The maximum atomic E-state index is 12.9. The van der Waals surface area contributed by atoms with Crippen molar-refractivity contribution >= 4 is 78.8 Å². The van der Waals surface area contributed by atoms with E-state index in [1.165, 1.54) is 12.1 Å². The fraction of sp³-hybridized carbons (Fsp3) is 0.222. The van der Waals surface area contributed by atoms with Gasteiger partial charge in [-0.2, -0.15) is 0 Å². The first kappa shape index (κ1) is 21.9. The zero-order valence-corrected chi connectivity index (χ0v) is 19.5. The lowest BCUT2D eigenvalue weighted by molar-refractivity contribution is -0.384. The van der Waals surface area contributed by atoms with Crippen LogP contribution in [0.1, 0.15) is 10.4 Å². The first-order valence-corrected chi connectivity index (χ1v) is 10.8. The molecule has 2 aromatic rings. The summed E-state index contributed by atoms with van der Waals surface area (Å²) in [5, 5.41) is 16.9. The normalized spacial score (nSPS) is 13.7. The fourth-order valence-corrected chi connectivity index (χ4v) is 4.46. The van der Waals surface area contributed by atoms with E-state index in [0.717, 1.165) is 13.7 Å². The Bertz CT molecular complexity index is 969. The number of nitrogens with zero attached hydrogens (tertiary/aromatic N) is 2. The molecule has 0 bridgehead atoms. The molecule has 1 heterocycles. The first-order chi connectivity index (χ1) is 13.8. The van der Waals surface area contributed by atoms with E-state index >= 15 is 0 Å². The van der Waals surface area contributed by atoms with Crippen molar-refractivity contribution < 1.29 is 14.5 Å². The number of thiocarbonyl (C=S) groups is 1. The molecule has 1 fully saturated rings. The Labute approximate surface area is 194 Å². The number of ether oxygens (including phenoxy) is 1. The highest BCUT2D eigenvalue weighted by Gasteiger charge is 2.22. The molecule has 0 atom stereocenters. The number of carbonyl (C=O) groups excluding carboxylic acids is 1. The molecule has 2 aromatic carbocycles. The van der Waals surface area contributed by atoms with Crippen molar-refractivity contribution in [3.8, 4) is 0 Å². The van der Waals surface area contributed by atoms with Crippen molar-refractivity contribution in [1.82, 2.24) is 5.32 Å². The summed E-state index contributed by atoms with van der Waals surface area (Å²) in [5.74, 6) is -0.514. The highest BCUT2D eigenvalue weighted by atomic mass is 127. The van der Waals surface area contributed by atoms with E-state index in [0.29, 0.717) is 32.0 Å². The summed E-state index contributed by atoms with van der Waals surface area (Å²) in [5.41, 5.74) is 1.38. The van der Waals surface area contributed by atoms with Crippen LogP contribution in [-0.2, 0) is 4.74 Å². The smallest absolute Gasteiger partial charge is 0.270 e. The molecule has 1 saturated heterocycles. The molecule has 1 aliphatic heterocycles. The lowest BCUT2D eigenvalue weighted by atomic mass is 10.1. The van der Waals surface area contributed by atoms with Gasteiger partial charge in [0.05, 0.1) is 35.1 Å². The number of hydrogen-bond donors (Lipinski definition) is 2. The standard InChI is InChI=1S/C18H16BrIN4O4S/c19-11-1-3-15(14(20)9-11)21-18(29)22-17(25)13-10-12(24(26)27)2-4-16(13)23-5-7-28-8-6-23/h1-4,9-10H,5-8H2,(H2,21,22,25,29). The number of nitrogens with one attached hydrogen (secondary N) is 2. The fourth-order valence-electron chi connectivity index (χ4n) is 2.81. The van der Waals surface area contributed by atoms with Crippen molar-refractivity contribution in [2.45, 2.75) is 0 Å². The van der Waals surface area contributed by atoms with E-state index in [1.54, 1.807) is 6.07 Å². The molecule has 0 aliphatic carbocycles. The van der Waals surface area contributed by atoms with Crippen LogP contribution in [0.5, 0.6) is 0 Å². The SMILES string of the molecule is O=C(NC(=S)Nc1ccc(Br)cc1I)c1cc([N+](=O)[O-])ccc1N1CCOCC1. The number of halogens is 2. The predicted octanol–water partition coefficient (Wildman–Crippen LogP) is 3.93. The minimum atomic E-state index is -0.527. The number of morpholine rings is 1. The Hall–Kier alpha value is -1.83. The summed E-state index contributed by atoms with van der Waals surface area (Å²) in [6.07, 6.45) is 0. The Morgan fingerprint density at radius 3 is 2.62 bits per heavy atom. The molecule has 1 amide bonds. The predicted molar refractivity (Wildman–Crippen MR) is 127 cm³/mol. The van der Waals surface area contributed by atoms with Crippen LogP contribution in [0.3, 0.4) is 0 Å². The molecule has 0 unspecified atom stereocenters. The number of amides is 1. The van der Waals surface area contributed by atoms with Crippen LogP contribution in [-0.4, -0.2) is 42.2 Å². The van der Waals surface area contributed by atoms with E-state index in [-0.39, 0.29) is 16.4 Å². The molecule has 1 aliphatic rings. The molecule has 0 aromatic heterocycles.